The van der Waals surface area contributed by atoms with Gasteiger partial charge in [0, 0.05) is 25.1 Å². The Morgan fingerprint density at radius 3 is 2.48 bits per heavy atom. The maximum absolute atomic E-state index is 5.41. The van der Waals surface area contributed by atoms with Gasteiger partial charge in [-0.1, -0.05) is 49.3 Å². The predicted molar refractivity (Wildman–Crippen MR) is 114 cm³/mol. The smallest absolute Gasteiger partial charge is 0.191 e. The van der Waals surface area contributed by atoms with Crippen LogP contribution >= 0.6 is 24.0 Å². The van der Waals surface area contributed by atoms with Crippen LogP contribution in [0.15, 0.2) is 39.8 Å². The molecule has 6 heteroatoms. The van der Waals surface area contributed by atoms with Gasteiger partial charge >= 0.3 is 0 Å². The molecule has 1 heterocycles. The van der Waals surface area contributed by atoms with E-state index >= 15 is 0 Å². The molecule has 5 nitrogen and oxygen atoms in total. The Morgan fingerprint density at radius 1 is 1.08 bits per heavy atom. The summed E-state index contributed by atoms with van der Waals surface area (Å²) < 4.78 is 5.41. The fourth-order valence-corrected chi connectivity index (χ4v) is 2.59. The van der Waals surface area contributed by atoms with Gasteiger partial charge in [-0.2, -0.15) is 0 Å². The molecule has 2 rings (SSSR count). The number of aryl methyl sites for hydroxylation is 2. The molecule has 0 amide bonds. The number of nitrogens with one attached hydrogen (secondary N) is 2. The third kappa shape index (κ3) is 6.68. The molecule has 1 aromatic carbocycles. The number of benzene rings is 1. The highest BCUT2D eigenvalue weighted by atomic mass is 127. The molecule has 2 aromatic rings. The van der Waals surface area contributed by atoms with Crippen LogP contribution in [0.4, 0.5) is 0 Å². The minimum absolute atomic E-state index is 0. The van der Waals surface area contributed by atoms with E-state index in [0.717, 1.165) is 55.3 Å². The van der Waals surface area contributed by atoms with Gasteiger partial charge in [-0.3, -0.25) is 0 Å². The SMILES string of the molecule is CCNC(=NCc1c(CC)noc1CC)NCCc1ccccc1.I. The summed E-state index contributed by atoms with van der Waals surface area (Å²) in [5.74, 6) is 1.77. The number of guanidine groups is 1. The Morgan fingerprint density at radius 2 is 1.84 bits per heavy atom. The number of aromatic nitrogens is 1. The summed E-state index contributed by atoms with van der Waals surface area (Å²) in [5.41, 5.74) is 3.46. The monoisotopic (exact) mass is 456 g/mol. The lowest BCUT2D eigenvalue weighted by molar-refractivity contribution is 0.380. The number of rotatable bonds is 8. The molecule has 0 radical (unpaired) electrons. The van der Waals surface area contributed by atoms with E-state index in [9.17, 15) is 0 Å². The molecule has 138 valence electrons. The summed E-state index contributed by atoms with van der Waals surface area (Å²) in [6.07, 6.45) is 2.68. The quantitative estimate of drug-likeness (QED) is 0.361. The molecule has 0 aliphatic carbocycles. The maximum Gasteiger partial charge on any atom is 0.191 e. The van der Waals surface area contributed by atoms with Crippen molar-refractivity contribution in [2.75, 3.05) is 13.1 Å². The first-order chi connectivity index (χ1) is 11.8. The minimum atomic E-state index is 0. The van der Waals surface area contributed by atoms with Crippen LogP contribution in [-0.2, 0) is 25.8 Å². The van der Waals surface area contributed by atoms with Gasteiger partial charge in [0.2, 0.25) is 0 Å². The Hall–Kier alpha value is -1.57. The molecule has 0 bridgehead atoms. The van der Waals surface area contributed by atoms with E-state index in [-0.39, 0.29) is 24.0 Å². The van der Waals surface area contributed by atoms with E-state index < -0.39 is 0 Å². The van der Waals surface area contributed by atoms with Gasteiger partial charge in [-0.25, -0.2) is 4.99 Å². The number of halogens is 1. The second-order valence-corrected chi connectivity index (χ2v) is 5.60. The van der Waals surface area contributed by atoms with Crippen molar-refractivity contribution in [1.29, 1.82) is 0 Å². The zero-order valence-electron chi connectivity index (χ0n) is 15.3. The third-order valence-electron chi connectivity index (χ3n) is 3.90. The minimum Gasteiger partial charge on any atom is -0.361 e. The number of hydrogen-bond donors (Lipinski definition) is 2. The van der Waals surface area contributed by atoms with Gasteiger partial charge in [0.15, 0.2) is 5.96 Å². The lowest BCUT2D eigenvalue weighted by Crippen LogP contribution is -2.38. The first-order valence-corrected chi connectivity index (χ1v) is 8.80. The second kappa shape index (κ2) is 11.9. The van der Waals surface area contributed by atoms with Crippen LogP contribution in [0.25, 0.3) is 0 Å². The van der Waals surface area contributed by atoms with Gasteiger partial charge < -0.3 is 15.2 Å². The van der Waals surface area contributed by atoms with E-state index in [1.165, 1.54) is 5.56 Å². The first kappa shape index (κ1) is 21.5. The number of hydrogen-bond acceptors (Lipinski definition) is 3. The summed E-state index contributed by atoms with van der Waals surface area (Å²) >= 11 is 0. The van der Waals surface area contributed by atoms with Crippen LogP contribution in [0.3, 0.4) is 0 Å². The molecular weight excluding hydrogens is 427 g/mol. The fourth-order valence-electron chi connectivity index (χ4n) is 2.59. The molecular formula is C19H29IN4O. The third-order valence-corrected chi connectivity index (χ3v) is 3.90. The van der Waals surface area contributed by atoms with Crippen molar-refractivity contribution >= 4 is 29.9 Å². The topological polar surface area (TPSA) is 62.5 Å². The van der Waals surface area contributed by atoms with Crippen molar-refractivity contribution in [1.82, 2.24) is 15.8 Å². The van der Waals surface area contributed by atoms with Gasteiger partial charge in [-0.15, -0.1) is 24.0 Å². The molecule has 0 saturated carbocycles. The van der Waals surface area contributed by atoms with E-state index in [1.807, 2.05) is 6.07 Å². The lowest BCUT2D eigenvalue weighted by Gasteiger charge is -2.11. The summed E-state index contributed by atoms with van der Waals surface area (Å²) in [6, 6.07) is 10.5. The molecule has 0 aliphatic heterocycles. The molecule has 0 spiro atoms. The summed E-state index contributed by atoms with van der Waals surface area (Å²) in [5, 5.41) is 10.8. The summed E-state index contributed by atoms with van der Waals surface area (Å²) in [7, 11) is 0. The summed E-state index contributed by atoms with van der Waals surface area (Å²) in [6.45, 7) is 8.52. The van der Waals surface area contributed by atoms with Gasteiger partial charge in [0.25, 0.3) is 0 Å². The zero-order valence-corrected chi connectivity index (χ0v) is 17.7. The number of nitrogens with zero attached hydrogens (tertiary/aromatic N) is 2. The van der Waals surface area contributed by atoms with Crippen molar-refractivity contribution in [3.63, 3.8) is 0 Å². The molecule has 0 saturated heterocycles. The molecule has 2 N–H and O–H groups in total. The normalized spacial score (nSPS) is 11.1. The fraction of sp³-hybridized carbons (Fsp3) is 0.474. The van der Waals surface area contributed by atoms with Gasteiger partial charge in [0.05, 0.1) is 12.2 Å². The van der Waals surface area contributed by atoms with Crippen molar-refractivity contribution in [2.45, 2.75) is 46.6 Å². The molecule has 0 unspecified atom stereocenters. The Balaban J connectivity index is 0.00000312. The van der Waals surface area contributed by atoms with E-state index in [0.29, 0.717) is 6.54 Å². The predicted octanol–water partition coefficient (Wildman–Crippen LogP) is 3.72. The largest absolute Gasteiger partial charge is 0.361 e. The highest BCUT2D eigenvalue weighted by molar-refractivity contribution is 14.0. The highest BCUT2D eigenvalue weighted by Crippen LogP contribution is 2.16. The van der Waals surface area contributed by atoms with E-state index in [4.69, 9.17) is 9.52 Å². The van der Waals surface area contributed by atoms with Crippen LogP contribution in [0, 0.1) is 0 Å². The first-order valence-electron chi connectivity index (χ1n) is 8.80. The van der Waals surface area contributed by atoms with Crippen molar-refractivity contribution < 1.29 is 4.52 Å². The standard InChI is InChI=1S/C19H28N4O.HI/c1-4-17-16(18(5-2)24-23-17)14-22-19(20-6-3)21-13-12-15-10-8-7-9-11-15;/h7-11H,4-6,12-14H2,1-3H3,(H2,20,21,22);1H. The van der Waals surface area contributed by atoms with Crippen LogP contribution in [0.5, 0.6) is 0 Å². The second-order valence-electron chi connectivity index (χ2n) is 5.60. The van der Waals surface area contributed by atoms with Gasteiger partial charge in [-0.05, 0) is 25.3 Å². The van der Waals surface area contributed by atoms with Crippen LogP contribution in [-0.4, -0.2) is 24.2 Å². The van der Waals surface area contributed by atoms with Crippen molar-refractivity contribution in [2.24, 2.45) is 4.99 Å². The average Bonchev–Trinajstić information content (AvgIpc) is 3.02. The molecule has 25 heavy (non-hydrogen) atoms. The van der Waals surface area contributed by atoms with E-state index in [2.05, 4.69) is 60.8 Å². The van der Waals surface area contributed by atoms with Crippen molar-refractivity contribution in [3.8, 4) is 0 Å². The van der Waals surface area contributed by atoms with Gasteiger partial charge in [0.1, 0.15) is 5.76 Å². The van der Waals surface area contributed by atoms with Crippen LogP contribution < -0.4 is 10.6 Å². The molecule has 0 fully saturated rings. The number of aliphatic imine (C=N–C) groups is 1. The average molecular weight is 456 g/mol. The molecule has 0 atom stereocenters. The van der Waals surface area contributed by atoms with Crippen LogP contribution in [0.2, 0.25) is 0 Å². The highest BCUT2D eigenvalue weighted by Gasteiger charge is 2.12. The maximum atomic E-state index is 5.41. The Bertz CT molecular complexity index is 619. The zero-order chi connectivity index (χ0) is 17.2. The van der Waals surface area contributed by atoms with Crippen LogP contribution in [0.1, 0.15) is 43.4 Å². The lowest BCUT2D eigenvalue weighted by atomic mass is 10.1. The molecule has 0 aliphatic rings. The van der Waals surface area contributed by atoms with Crippen molar-refractivity contribution in [3.05, 3.63) is 52.9 Å². The Kier molecular flexibility index (Phi) is 10.2. The van der Waals surface area contributed by atoms with E-state index in [1.54, 1.807) is 0 Å². The Labute approximate surface area is 167 Å². The summed E-state index contributed by atoms with van der Waals surface area (Å²) in [4.78, 5) is 4.70. The molecule has 1 aromatic heterocycles.